The largest absolute Gasteiger partial charge is 0.299 e. The van der Waals surface area contributed by atoms with Crippen molar-refractivity contribution in [3.63, 3.8) is 0 Å². The normalized spacial score (nSPS) is 16.3. The van der Waals surface area contributed by atoms with Gasteiger partial charge in [0, 0.05) is 13.1 Å². The molecule has 1 heterocycles. The van der Waals surface area contributed by atoms with Gasteiger partial charge in [-0.1, -0.05) is 24.3 Å². The van der Waals surface area contributed by atoms with Crippen LogP contribution in [0.3, 0.4) is 0 Å². The van der Waals surface area contributed by atoms with Crippen LogP contribution in [0, 0.1) is 5.82 Å². The maximum atomic E-state index is 12.7. The Morgan fingerprint density at radius 2 is 1.88 bits per heavy atom. The molecule has 17 heavy (non-hydrogen) atoms. The number of benzene rings is 1. The number of nitrogens with zero attached hydrogens (tertiary/aromatic N) is 1. The second-order valence-electron chi connectivity index (χ2n) is 4.64. The molecule has 1 aliphatic heterocycles. The van der Waals surface area contributed by atoms with E-state index in [0.29, 0.717) is 0 Å². The first-order valence-corrected chi connectivity index (χ1v) is 6.46. The van der Waals surface area contributed by atoms with Gasteiger partial charge in [-0.3, -0.25) is 4.90 Å². The summed E-state index contributed by atoms with van der Waals surface area (Å²) >= 11 is 0. The van der Waals surface area contributed by atoms with Crippen LogP contribution in [0.2, 0.25) is 0 Å². The quantitative estimate of drug-likeness (QED) is 0.556. The van der Waals surface area contributed by atoms with Crippen molar-refractivity contribution in [2.24, 2.45) is 0 Å². The monoisotopic (exact) mass is 233 g/mol. The fourth-order valence-corrected chi connectivity index (χ4v) is 2.21. The van der Waals surface area contributed by atoms with Crippen molar-refractivity contribution < 1.29 is 4.39 Å². The molecule has 0 fully saturated rings. The summed E-state index contributed by atoms with van der Waals surface area (Å²) in [6, 6.07) is 6.87. The van der Waals surface area contributed by atoms with Gasteiger partial charge in [0.05, 0.1) is 0 Å². The van der Waals surface area contributed by atoms with Crippen LogP contribution >= 0.6 is 0 Å². The molecule has 0 unspecified atom stereocenters. The molecule has 0 radical (unpaired) electrons. The first kappa shape index (κ1) is 12.3. The van der Waals surface area contributed by atoms with Crippen LogP contribution in [0.15, 0.2) is 36.4 Å². The van der Waals surface area contributed by atoms with Crippen LogP contribution in [0.4, 0.5) is 4.39 Å². The minimum Gasteiger partial charge on any atom is -0.299 e. The molecule has 0 spiro atoms. The highest BCUT2D eigenvalue weighted by molar-refractivity contribution is 5.15. The Kier molecular flexibility index (Phi) is 4.75. The third-order valence-corrected chi connectivity index (χ3v) is 3.25. The van der Waals surface area contributed by atoms with Gasteiger partial charge in [-0.05, 0) is 49.9 Å². The smallest absolute Gasteiger partial charge is 0.123 e. The second kappa shape index (κ2) is 6.55. The van der Waals surface area contributed by atoms with E-state index in [0.717, 1.165) is 13.0 Å². The molecule has 92 valence electrons. The molecule has 1 nitrogen and oxygen atoms in total. The molecular weight excluding hydrogens is 213 g/mol. The van der Waals surface area contributed by atoms with Gasteiger partial charge < -0.3 is 0 Å². The highest BCUT2D eigenvalue weighted by atomic mass is 19.1. The third-order valence-electron chi connectivity index (χ3n) is 3.25. The minimum absolute atomic E-state index is 0.145. The summed E-state index contributed by atoms with van der Waals surface area (Å²) in [7, 11) is 0. The Morgan fingerprint density at radius 1 is 1.06 bits per heavy atom. The van der Waals surface area contributed by atoms with Crippen molar-refractivity contribution in [3.8, 4) is 0 Å². The van der Waals surface area contributed by atoms with E-state index in [4.69, 9.17) is 0 Å². The van der Waals surface area contributed by atoms with E-state index in [-0.39, 0.29) is 5.82 Å². The van der Waals surface area contributed by atoms with Crippen molar-refractivity contribution in [3.05, 3.63) is 47.8 Å². The lowest BCUT2D eigenvalue weighted by Crippen LogP contribution is -2.28. The second-order valence-corrected chi connectivity index (χ2v) is 4.64. The lowest BCUT2D eigenvalue weighted by Gasteiger charge is -2.22. The molecule has 0 aromatic heterocycles. The molecule has 1 aliphatic rings. The van der Waals surface area contributed by atoms with Gasteiger partial charge in [0.2, 0.25) is 0 Å². The van der Waals surface area contributed by atoms with Crippen molar-refractivity contribution >= 4 is 0 Å². The first-order valence-electron chi connectivity index (χ1n) is 6.46. The summed E-state index contributed by atoms with van der Waals surface area (Å²) in [6.07, 6.45) is 9.18. The molecule has 2 rings (SSSR count). The van der Waals surface area contributed by atoms with Gasteiger partial charge in [-0.2, -0.15) is 0 Å². The third kappa shape index (κ3) is 4.31. The SMILES string of the molecule is Fc1ccc(CCCCN2CC=CCC2)cc1. The van der Waals surface area contributed by atoms with E-state index in [9.17, 15) is 4.39 Å². The number of halogens is 1. The van der Waals surface area contributed by atoms with Gasteiger partial charge in [-0.15, -0.1) is 0 Å². The van der Waals surface area contributed by atoms with Gasteiger partial charge in [-0.25, -0.2) is 4.39 Å². The molecule has 1 aromatic carbocycles. The standard InChI is InChI=1S/C15H20FN/c16-15-9-7-14(8-10-15)6-2-5-13-17-11-3-1-4-12-17/h1,3,7-10H,2,4-6,11-13H2. The van der Waals surface area contributed by atoms with Crippen molar-refractivity contribution in [2.75, 3.05) is 19.6 Å². The number of rotatable bonds is 5. The number of hydrogen-bond acceptors (Lipinski definition) is 1. The zero-order valence-corrected chi connectivity index (χ0v) is 10.2. The zero-order chi connectivity index (χ0) is 11.9. The highest BCUT2D eigenvalue weighted by Gasteiger charge is 2.04. The van der Waals surface area contributed by atoms with Crippen molar-refractivity contribution in [1.29, 1.82) is 0 Å². The molecule has 0 amide bonds. The maximum absolute atomic E-state index is 12.7. The van der Waals surface area contributed by atoms with Crippen LogP contribution in [0.1, 0.15) is 24.8 Å². The van der Waals surface area contributed by atoms with E-state index in [1.165, 1.54) is 37.9 Å². The van der Waals surface area contributed by atoms with Crippen LogP contribution < -0.4 is 0 Å². The van der Waals surface area contributed by atoms with E-state index in [1.54, 1.807) is 12.1 Å². The number of hydrogen-bond donors (Lipinski definition) is 0. The average Bonchev–Trinajstić information content (AvgIpc) is 2.38. The van der Waals surface area contributed by atoms with Gasteiger partial charge in [0.15, 0.2) is 0 Å². The molecule has 0 atom stereocenters. The Morgan fingerprint density at radius 3 is 2.59 bits per heavy atom. The van der Waals surface area contributed by atoms with Gasteiger partial charge >= 0.3 is 0 Å². The average molecular weight is 233 g/mol. The number of unbranched alkanes of at least 4 members (excludes halogenated alkanes) is 1. The Balaban J connectivity index is 1.62. The lowest BCUT2D eigenvalue weighted by molar-refractivity contribution is 0.292. The van der Waals surface area contributed by atoms with Gasteiger partial charge in [0.25, 0.3) is 0 Å². The van der Waals surface area contributed by atoms with E-state index >= 15 is 0 Å². The molecular formula is C15H20FN. The van der Waals surface area contributed by atoms with Crippen molar-refractivity contribution in [2.45, 2.75) is 25.7 Å². The summed E-state index contributed by atoms with van der Waals surface area (Å²) in [5.74, 6) is -0.145. The van der Waals surface area contributed by atoms with Gasteiger partial charge in [0.1, 0.15) is 5.82 Å². The van der Waals surface area contributed by atoms with E-state index in [2.05, 4.69) is 17.1 Å². The summed E-state index contributed by atoms with van der Waals surface area (Å²) in [5, 5.41) is 0. The van der Waals surface area contributed by atoms with Crippen LogP contribution in [0.5, 0.6) is 0 Å². The Hall–Kier alpha value is -1.15. The Bertz CT molecular complexity index is 356. The number of aryl methyl sites for hydroxylation is 1. The molecule has 0 aliphatic carbocycles. The fraction of sp³-hybridized carbons (Fsp3) is 0.467. The minimum atomic E-state index is -0.145. The topological polar surface area (TPSA) is 3.24 Å². The predicted octanol–water partition coefficient (Wildman–Crippen LogP) is 3.41. The first-order chi connectivity index (χ1) is 8.34. The summed E-state index contributed by atoms with van der Waals surface area (Å²) in [5.41, 5.74) is 1.24. The van der Waals surface area contributed by atoms with E-state index < -0.39 is 0 Å². The van der Waals surface area contributed by atoms with Crippen LogP contribution in [-0.4, -0.2) is 24.5 Å². The predicted molar refractivity (Wildman–Crippen MR) is 69.5 cm³/mol. The van der Waals surface area contributed by atoms with Crippen LogP contribution in [0.25, 0.3) is 0 Å². The summed E-state index contributed by atoms with van der Waals surface area (Å²) < 4.78 is 12.7. The summed E-state index contributed by atoms with van der Waals surface area (Å²) in [6.45, 7) is 3.50. The van der Waals surface area contributed by atoms with Crippen LogP contribution in [-0.2, 0) is 6.42 Å². The molecule has 0 bridgehead atoms. The lowest BCUT2D eigenvalue weighted by atomic mass is 10.1. The maximum Gasteiger partial charge on any atom is 0.123 e. The molecule has 0 saturated heterocycles. The van der Waals surface area contributed by atoms with E-state index in [1.807, 2.05) is 12.1 Å². The highest BCUT2D eigenvalue weighted by Crippen LogP contribution is 2.08. The molecule has 1 aromatic rings. The Labute approximate surface area is 103 Å². The molecule has 0 saturated carbocycles. The molecule has 0 N–H and O–H groups in total. The molecule has 2 heteroatoms. The van der Waals surface area contributed by atoms with Crippen molar-refractivity contribution in [1.82, 2.24) is 4.90 Å². The summed E-state index contributed by atoms with van der Waals surface area (Å²) in [4.78, 5) is 2.49. The zero-order valence-electron chi connectivity index (χ0n) is 10.2. The fourth-order valence-electron chi connectivity index (χ4n) is 2.21.